The Bertz CT molecular complexity index is 1220. The molecule has 10 heteroatoms. The van der Waals surface area contributed by atoms with Crippen LogP contribution in [0.1, 0.15) is 284 Å². The number of nitrogens with one attached hydrogen (secondary N) is 1. The van der Waals surface area contributed by atoms with Gasteiger partial charge in [-0.25, -0.2) is 0 Å². The average Bonchev–Trinajstić information content (AvgIpc) is 3.29. The van der Waals surface area contributed by atoms with Crippen molar-refractivity contribution < 1.29 is 37.3 Å². The normalized spacial score (nSPS) is 13.9. The Morgan fingerprint density at radius 2 is 0.853 bits per heavy atom. The van der Waals surface area contributed by atoms with Crippen LogP contribution in [0.25, 0.3) is 0 Å². The zero-order valence-electron chi connectivity index (χ0n) is 45.8. The molecule has 1 amide bonds. The number of phosphoric ester groups is 1. The van der Waals surface area contributed by atoms with E-state index >= 15 is 0 Å². The number of allylic oxidation sites excluding steroid dienone is 3. The smallest absolute Gasteiger partial charge is 0.306 e. The molecule has 3 unspecified atom stereocenters. The van der Waals surface area contributed by atoms with E-state index in [4.69, 9.17) is 13.8 Å². The quantitative estimate of drug-likeness (QED) is 0.0212. The summed E-state index contributed by atoms with van der Waals surface area (Å²) >= 11 is 0. The van der Waals surface area contributed by atoms with E-state index in [1.807, 2.05) is 33.3 Å². The van der Waals surface area contributed by atoms with E-state index < -0.39 is 20.0 Å². The van der Waals surface area contributed by atoms with E-state index in [1.165, 1.54) is 180 Å². The molecule has 0 aromatic carbocycles. The number of unbranched alkanes of at least 4 members (excludes halogenated alkanes) is 35. The summed E-state index contributed by atoms with van der Waals surface area (Å²) in [7, 11) is 1.19. The minimum atomic E-state index is -4.69. The van der Waals surface area contributed by atoms with E-state index in [1.54, 1.807) is 0 Å². The van der Waals surface area contributed by atoms with Gasteiger partial charge >= 0.3 is 5.97 Å². The molecule has 0 bridgehead atoms. The fourth-order valence-corrected chi connectivity index (χ4v) is 9.30. The minimum Gasteiger partial charge on any atom is -0.756 e. The summed E-state index contributed by atoms with van der Waals surface area (Å²) in [5, 5.41) is 3.01. The molecule has 0 aliphatic heterocycles. The molecule has 0 saturated carbocycles. The Balaban J connectivity index is 5.29. The van der Waals surface area contributed by atoms with Crippen LogP contribution in [-0.2, 0) is 27.9 Å². The highest BCUT2D eigenvalue weighted by Crippen LogP contribution is 2.38. The van der Waals surface area contributed by atoms with E-state index in [-0.39, 0.29) is 31.5 Å². The molecule has 1 N–H and O–H groups in total. The molecular formula is C58H113N2O7P. The van der Waals surface area contributed by atoms with Crippen LogP contribution in [0, 0.1) is 0 Å². The van der Waals surface area contributed by atoms with Crippen LogP contribution in [0.5, 0.6) is 0 Å². The molecule has 0 spiro atoms. The van der Waals surface area contributed by atoms with Crippen molar-refractivity contribution in [3.63, 3.8) is 0 Å². The number of esters is 1. The molecule has 0 saturated heterocycles. The summed E-state index contributed by atoms with van der Waals surface area (Å²) in [4.78, 5) is 39.8. The van der Waals surface area contributed by atoms with Crippen LogP contribution in [0.15, 0.2) is 24.3 Å². The molecule has 3 atom stereocenters. The fraction of sp³-hybridized carbons (Fsp3) is 0.897. The standard InChI is InChI=1S/C58H113N2O7P/c1-7-10-13-16-19-22-25-27-29-30-31-33-36-39-42-45-48-51-58(62)67-56(49-46-43-40-37-34-24-21-18-15-12-9-3)55(54-66-68(63,64)65-53-52-60(4,5)6)59-57(61)50-47-44-41-38-35-32-28-26-23-20-17-14-11-8-2/h32,35,46,49,55-56H,7-31,33-34,36-45,47-48,50-54H2,1-6H3,(H-,59,61,63,64)/b35-32-,49-46+. The molecule has 0 radical (unpaired) electrons. The predicted molar refractivity (Wildman–Crippen MR) is 289 cm³/mol. The first kappa shape index (κ1) is 66.5. The van der Waals surface area contributed by atoms with E-state index in [0.717, 1.165) is 70.6 Å². The summed E-state index contributed by atoms with van der Waals surface area (Å²) in [5.74, 6) is -0.547. The Hall–Kier alpha value is -1.51. The highest BCUT2D eigenvalue weighted by Gasteiger charge is 2.27. The second kappa shape index (κ2) is 49.1. The number of carbonyl (C=O) groups excluding carboxylic acids is 2. The predicted octanol–water partition coefficient (Wildman–Crippen LogP) is 16.8. The van der Waals surface area contributed by atoms with Crippen molar-refractivity contribution in [3.8, 4) is 0 Å². The SMILES string of the molecule is CCCCCCCCC/C=C\CCCCCC(=O)NC(COP(=O)([O-])OCC[N+](C)(C)C)C(/C=C/CCCCCCCCCCC)OC(=O)CCCCCCCCCCCCCCCCCCC. The van der Waals surface area contributed by atoms with Crippen molar-refractivity contribution in [1.29, 1.82) is 0 Å². The number of rotatable bonds is 53. The molecule has 0 heterocycles. The van der Waals surface area contributed by atoms with Crippen LogP contribution >= 0.6 is 7.82 Å². The first-order valence-corrected chi connectivity index (χ1v) is 30.6. The number of hydrogen-bond donors (Lipinski definition) is 1. The number of amides is 1. The van der Waals surface area contributed by atoms with Gasteiger partial charge in [-0.2, -0.15) is 0 Å². The van der Waals surface area contributed by atoms with Crippen molar-refractivity contribution in [2.75, 3.05) is 40.9 Å². The molecule has 402 valence electrons. The summed E-state index contributed by atoms with van der Waals surface area (Å²) in [6.45, 7) is 6.85. The second-order valence-electron chi connectivity index (χ2n) is 21.2. The van der Waals surface area contributed by atoms with Gasteiger partial charge in [0, 0.05) is 12.8 Å². The summed E-state index contributed by atoms with van der Waals surface area (Å²) in [5.41, 5.74) is 0. The molecule has 0 aromatic heterocycles. The number of phosphoric acid groups is 1. The second-order valence-corrected chi connectivity index (χ2v) is 22.6. The zero-order valence-corrected chi connectivity index (χ0v) is 46.7. The first-order valence-electron chi connectivity index (χ1n) is 29.1. The van der Waals surface area contributed by atoms with Gasteiger partial charge in [-0.05, 0) is 57.4 Å². The topological polar surface area (TPSA) is 114 Å². The van der Waals surface area contributed by atoms with Crippen LogP contribution in [0.2, 0.25) is 0 Å². The van der Waals surface area contributed by atoms with Crippen molar-refractivity contribution in [2.45, 2.75) is 296 Å². The lowest BCUT2D eigenvalue weighted by atomic mass is 10.0. The van der Waals surface area contributed by atoms with Crippen LogP contribution in [0.3, 0.4) is 0 Å². The third kappa shape index (κ3) is 49.5. The van der Waals surface area contributed by atoms with Gasteiger partial charge in [0.2, 0.25) is 5.91 Å². The van der Waals surface area contributed by atoms with Gasteiger partial charge < -0.3 is 28.5 Å². The summed E-state index contributed by atoms with van der Waals surface area (Å²) in [6, 6.07) is -0.889. The first-order chi connectivity index (χ1) is 32.9. The number of carbonyl (C=O) groups is 2. The number of likely N-dealkylation sites (N-methyl/N-ethyl adjacent to an activating group) is 1. The molecule has 0 fully saturated rings. The van der Waals surface area contributed by atoms with Crippen molar-refractivity contribution >= 4 is 19.7 Å². The lowest BCUT2D eigenvalue weighted by molar-refractivity contribution is -0.870. The average molecular weight is 982 g/mol. The Morgan fingerprint density at radius 1 is 0.500 bits per heavy atom. The molecule has 0 aromatic rings. The maximum Gasteiger partial charge on any atom is 0.306 e. The highest BCUT2D eigenvalue weighted by atomic mass is 31.2. The molecule has 0 aliphatic rings. The molecule has 9 nitrogen and oxygen atoms in total. The van der Waals surface area contributed by atoms with Gasteiger partial charge in [-0.3, -0.25) is 14.2 Å². The zero-order chi connectivity index (χ0) is 50.1. The summed E-state index contributed by atoms with van der Waals surface area (Å²) in [6.07, 6.45) is 55.7. The monoisotopic (exact) mass is 981 g/mol. The van der Waals surface area contributed by atoms with Crippen molar-refractivity contribution in [2.24, 2.45) is 0 Å². The number of ether oxygens (including phenoxy) is 1. The highest BCUT2D eigenvalue weighted by molar-refractivity contribution is 7.45. The molecule has 68 heavy (non-hydrogen) atoms. The van der Waals surface area contributed by atoms with Crippen LogP contribution in [0.4, 0.5) is 0 Å². The third-order valence-corrected chi connectivity index (χ3v) is 14.1. The van der Waals surface area contributed by atoms with Crippen molar-refractivity contribution in [1.82, 2.24) is 5.32 Å². The van der Waals surface area contributed by atoms with Gasteiger partial charge in [0.25, 0.3) is 7.82 Å². The lowest BCUT2D eigenvalue weighted by Gasteiger charge is -2.30. The maximum absolute atomic E-state index is 13.4. The van der Waals surface area contributed by atoms with E-state index in [0.29, 0.717) is 17.4 Å². The molecular weight excluding hydrogens is 868 g/mol. The number of nitrogens with zero attached hydrogens (tertiary/aromatic N) is 1. The fourth-order valence-electron chi connectivity index (χ4n) is 8.58. The Kier molecular flexibility index (Phi) is 48.0. The van der Waals surface area contributed by atoms with Gasteiger partial charge in [-0.1, -0.05) is 238 Å². The number of quaternary nitrogens is 1. The van der Waals surface area contributed by atoms with Gasteiger partial charge in [0.15, 0.2) is 0 Å². The van der Waals surface area contributed by atoms with Crippen LogP contribution < -0.4 is 10.2 Å². The lowest BCUT2D eigenvalue weighted by Crippen LogP contribution is -2.47. The largest absolute Gasteiger partial charge is 0.756 e. The Labute approximate surface area is 422 Å². The molecule has 0 aliphatic carbocycles. The minimum absolute atomic E-state index is 0.0218. The van der Waals surface area contributed by atoms with Gasteiger partial charge in [-0.15, -0.1) is 0 Å². The van der Waals surface area contributed by atoms with Crippen molar-refractivity contribution in [3.05, 3.63) is 24.3 Å². The van der Waals surface area contributed by atoms with Gasteiger partial charge in [0.05, 0.1) is 33.8 Å². The summed E-state index contributed by atoms with van der Waals surface area (Å²) < 4.78 is 30.2. The van der Waals surface area contributed by atoms with E-state index in [2.05, 4.69) is 38.2 Å². The maximum atomic E-state index is 13.4. The van der Waals surface area contributed by atoms with E-state index in [9.17, 15) is 19.0 Å². The Morgan fingerprint density at radius 3 is 1.26 bits per heavy atom. The third-order valence-electron chi connectivity index (χ3n) is 13.1. The van der Waals surface area contributed by atoms with Crippen LogP contribution in [-0.4, -0.2) is 69.4 Å². The molecule has 0 rings (SSSR count). The van der Waals surface area contributed by atoms with Gasteiger partial charge in [0.1, 0.15) is 19.3 Å². The number of hydrogen-bond acceptors (Lipinski definition) is 7.